The average molecular weight is 230 g/mol. The largest absolute Gasteiger partial charge is 0.295 e. The molecule has 12 heavy (non-hydrogen) atoms. The molecule has 0 aromatic rings. The summed E-state index contributed by atoms with van der Waals surface area (Å²) in [5.74, 6) is 0. The van der Waals surface area contributed by atoms with E-state index >= 15 is 0 Å². The standard InChI is InChI=1S/C10H16BrN/c1-9-3-5-12(6-4-9)8-10(2)7-11/h3H,2,4-8H2,1H3. The third kappa shape index (κ3) is 3.11. The second-order valence-corrected chi connectivity index (χ2v) is 3.98. The smallest absolute Gasteiger partial charge is 0.0251 e. The maximum Gasteiger partial charge on any atom is 0.0251 e. The summed E-state index contributed by atoms with van der Waals surface area (Å²) in [7, 11) is 0. The van der Waals surface area contributed by atoms with Gasteiger partial charge in [-0.05, 0) is 13.3 Å². The van der Waals surface area contributed by atoms with E-state index < -0.39 is 0 Å². The van der Waals surface area contributed by atoms with Gasteiger partial charge in [0.1, 0.15) is 0 Å². The zero-order valence-electron chi connectivity index (χ0n) is 7.65. The Balaban J connectivity index is 2.32. The normalized spacial score (nSPS) is 19.0. The number of nitrogens with zero attached hydrogens (tertiary/aromatic N) is 1. The molecular formula is C10H16BrN. The zero-order valence-corrected chi connectivity index (χ0v) is 9.23. The monoisotopic (exact) mass is 229 g/mol. The second kappa shape index (κ2) is 4.83. The fourth-order valence-electron chi connectivity index (χ4n) is 1.31. The third-order valence-electron chi connectivity index (χ3n) is 2.16. The first-order valence-electron chi connectivity index (χ1n) is 4.33. The second-order valence-electron chi connectivity index (χ2n) is 3.42. The van der Waals surface area contributed by atoms with Crippen LogP contribution in [0.1, 0.15) is 13.3 Å². The van der Waals surface area contributed by atoms with Crippen molar-refractivity contribution in [3.63, 3.8) is 0 Å². The predicted molar refractivity (Wildman–Crippen MR) is 57.7 cm³/mol. The molecule has 68 valence electrons. The fraction of sp³-hybridized carbons (Fsp3) is 0.600. The van der Waals surface area contributed by atoms with Crippen LogP contribution in [0.3, 0.4) is 0 Å². The van der Waals surface area contributed by atoms with Crippen LogP contribution in [0.25, 0.3) is 0 Å². The Morgan fingerprint density at radius 3 is 3.00 bits per heavy atom. The van der Waals surface area contributed by atoms with Crippen LogP contribution >= 0.6 is 15.9 Å². The number of hydrogen-bond donors (Lipinski definition) is 0. The van der Waals surface area contributed by atoms with Crippen molar-refractivity contribution in [2.24, 2.45) is 0 Å². The van der Waals surface area contributed by atoms with Gasteiger partial charge in [-0.1, -0.05) is 39.7 Å². The molecule has 0 radical (unpaired) electrons. The average Bonchev–Trinajstić information content (AvgIpc) is 2.09. The Hall–Kier alpha value is -0.0800. The van der Waals surface area contributed by atoms with Crippen LogP contribution in [0.4, 0.5) is 0 Å². The summed E-state index contributed by atoms with van der Waals surface area (Å²) >= 11 is 3.41. The molecule has 1 heterocycles. The van der Waals surface area contributed by atoms with E-state index in [0.717, 1.165) is 18.4 Å². The molecule has 0 fully saturated rings. The topological polar surface area (TPSA) is 3.24 Å². The lowest BCUT2D eigenvalue weighted by atomic mass is 10.1. The molecule has 1 aliphatic rings. The molecule has 1 nitrogen and oxygen atoms in total. The first-order chi connectivity index (χ1) is 5.72. The van der Waals surface area contributed by atoms with Crippen LogP contribution in [0.2, 0.25) is 0 Å². The molecule has 0 N–H and O–H groups in total. The van der Waals surface area contributed by atoms with E-state index in [-0.39, 0.29) is 0 Å². The molecule has 0 bridgehead atoms. The van der Waals surface area contributed by atoms with E-state index in [4.69, 9.17) is 0 Å². The van der Waals surface area contributed by atoms with Gasteiger partial charge in [-0.15, -0.1) is 0 Å². The quantitative estimate of drug-likeness (QED) is 0.532. The Morgan fingerprint density at radius 2 is 2.50 bits per heavy atom. The fourth-order valence-corrected chi connectivity index (χ4v) is 1.49. The molecule has 2 heteroatoms. The van der Waals surface area contributed by atoms with Crippen LogP contribution < -0.4 is 0 Å². The maximum absolute atomic E-state index is 3.98. The minimum atomic E-state index is 0.923. The van der Waals surface area contributed by atoms with Crippen LogP contribution in [0.15, 0.2) is 23.8 Å². The van der Waals surface area contributed by atoms with Gasteiger partial charge in [-0.3, -0.25) is 4.90 Å². The number of hydrogen-bond acceptors (Lipinski definition) is 1. The summed E-state index contributed by atoms with van der Waals surface area (Å²) in [6.45, 7) is 9.50. The van der Waals surface area contributed by atoms with Crippen molar-refractivity contribution in [3.8, 4) is 0 Å². The molecule has 0 atom stereocenters. The molecule has 1 aliphatic heterocycles. The molecule has 0 saturated carbocycles. The van der Waals surface area contributed by atoms with Crippen LogP contribution in [-0.4, -0.2) is 29.9 Å². The van der Waals surface area contributed by atoms with Gasteiger partial charge in [0, 0.05) is 25.0 Å². The Bertz CT molecular complexity index is 196. The molecule has 0 amide bonds. The number of alkyl halides is 1. The van der Waals surface area contributed by atoms with Crippen molar-refractivity contribution < 1.29 is 0 Å². The van der Waals surface area contributed by atoms with Crippen LogP contribution in [-0.2, 0) is 0 Å². The van der Waals surface area contributed by atoms with Gasteiger partial charge in [-0.25, -0.2) is 0 Å². The summed E-state index contributed by atoms with van der Waals surface area (Å²) < 4.78 is 0. The molecule has 0 aliphatic carbocycles. The summed E-state index contributed by atoms with van der Waals surface area (Å²) in [6, 6.07) is 0. The minimum Gasteiger partial charge on any atom is -0.295 e. The number of rotatable bonds is 3. The Morgan fingerprint density at radius 1 is 1.75 bits per heavy atom. The Kier molecular flexibility index (Phi) is 4.02. The SMILES string of the molecule is C=C(CBr)CN1CC=C(C)CC1. The van der Waals surface area contributed by atoms with Gasteiger partial charge >= 0.3 is 0 Å². The summed E-state index contributed by atoms with van der Waals surface area (Å²) in [4.78, 5) is 2.43. The van der Waals surface area contributed by atoms with Gasteiger partial charge in [0.2, 0.25) is 0 Å². The maximum atomic E-state index is 3.98. The minimum absolute atomic E-state index is 0.923. The predicted octanol–water partition coefficient (Wildman–Crippen LogP) is 2.59. The molecule has 0 spiro atoms. The van der Waals surface area contributed by atoms with Crippen molar-refractivity contribution in [3.05, 3.63) is 23.8 Å². The van der Waals surface area contributed by atoms with E-state index in [1.54, 1.807) is 0 Å². The molecular weight excluding hydrogens is 214 g/mol. The van der Waals surface area contributed by atoms with E-state index in [9.17, 15) is 0 Å². The van der Waals surface area contributed by atoms with Gasteiger partial charge in [0.05, 0.1) is 0 Å². The third-order valence-corrected chi connectivity index (χ3v) is 2.95. The highest BCUT2D eigenvalue weighted by molar-refractivity contribution is 9.09. The zero-order chi connectivity index (χ0) is 8.97. The molecule has 0 aromatic heterocycles. The van der Waals surface area contributed by atoms with Crippen molar-refractivity contribution in [2.45, 2.75) is 13.3 Å². The van der Waals surface area contributed by atoms with Crippen molar-refractivity contribution in [1.82, 2.24) is 4.90 Å². The van der Waals surface area contributed by atoms with Crippen molar-refractivity contribution in [1.29, 1.82) is 0 Å². The lowest BCUT2D eigenvalue weighted by molar-refractivity contribution is 0.319. The van der Waals surface area contributed by atoms with E-state index in [2.05, 4.69) is 40.4 Å². The van der Waals surface area contributed by atoms with Crippen LogP contribution in [0.5, 0.6) is 0 Å². The lowest BCUT2D eigenvalue weighted by Gasteiger charge is -2.25. The highest BCUT2D eigenvalue weighted by Gasteiger charge is 2.08. The molecule has 0 unspecified atom stereocenters. The molecule has 0 saturated heterocycles. The van der Waals surface area contributed by atoms with E-state index in [1.165, 1.54) is 24.1 Å². The first-order valence-corrected chi connectivity index (χ1v) is 5.45. The highest BCUT2D eigenvalue weighted by Crippen LogP contribution is 2.11. The summed E-state index contributed by atoms with van der Waals surface area (Å²) in [6.07, 6.45) is 3.53. The van der Waals surface area contributed by atoms with Gasteiger partial charge in [0.25, 0.3) is 0 Å². The molecule has 1 rings (SSSR count). The number of halogens is 1. The van der Waals surface area contributed by atoms with Gasteiger partial charge in [0.15, 0.2) is 0 Å². The summed E-state index contributed by atoms with van der Waals surface area (Å²) in [5.41, 5.74) is 2.79. The van der Waals surface area contributed by atoms with E-state index in [1.807, 2.05) is 0 Å². The molecule has 0 aromatic carbocycles. The van der Waals surface area contributed by atoms with Gasteiger partial charge < -0.3 is 0 Å². The first kappa shape index (κ1) is 10.0. The highest BCUT2D eigenvalue weighted by atomic mass is 79.9. The summed E-state index contributed by atoms with van der Waals surface area (Å²) in [5, 5.41) is 0.923. The Labute approximate surface area is 83.3 Å². The van der Waals surface area contributed by atoms with Gasteiger partial charge in [-0.2, -0.15) is 0 Å². The van der Waals surface area contributed by atoms with E-state index in [0.29, 0.717) is 0 Å². The lowest BCUT2D eigenvalue weighted by Crippen LogP contribution is -2.30. The van der Waals surface area contributed by atoms with Crippen molar-refractivity contribution in [2.75, 3.05) is 25.0 Å². The van der Waals surface area contributed by atoms with Crippen LogP contribution in [0, 0.1) is 0 Å². The van der Waals surface area contributed by atoms with Crippen molar-refractivity contribution >= 4 is 15.9 Å².